The minimum atomic E-state index is -3.06. The topological polar surface area (TPSA) is 90.6 Å². The van der Waals surface area contributed by atoms with Crippen molar-refractivity contribution in [3.63, 3.8) is 0 Å². The molecular weight excluding hydrogens is 750 g/mol. The van der Waals surface area contributed by atoms with Crippen molar-refractivity contribution in [2.45, 2.75) is 84.4 Å². The van der Waals surface area contributed by atoms with Gasteiger partial charge in [-0.15, -0.1) is 0 Å². The second kappa shape index (κ2) is 14.5. The first-order valence-electron chi connectivity index (χ1n) is 17.4. The Balaban J connectivity index is 0.000000211. The van der Waals surface area contributed by atoms with E-state index in [1.807, 2.05) is 101 Å². The second-order valence-corrected chi connectivity index (χ2v) is 18.5. The highest BCUT2D eigenvalue weighted by Gasteiger charge is 2.40. The van der Waals surface area contributed by atoms with Crippen molar-refractivity contribution in [3.8, 4) is 5.69 Å². The predicted octanol–water partition coefficient (Wildman–Crippen LogP) is 9.48. The summed E-state index contributed by atoms with van der Waals surface area (Å²) in [6.07, 6.45) is 6.17. The zero-order valence-electron chi connectivity index (χ0n) is 30.0. The van der Waals surface area contributed by atoms with Gasteiger partial charge in [0.25, 0.3) is 0 Å². The predicted molar refractivity (Wildman–Crippen MR) is 210 cm³/mol. The molecule has 2 aliphatic rings. The fourth-order valence-corrected chi connectivity index (χ4v) is 8.66. The van der Waals surface area contributed by atoms with Crippen molar-refractivity contribution in [3.05, 3.63) is 98.7 Å². The molecule has 0 unspecified atom stereocenters. The van der Waals surface area contributed by atoms with Crippen molar-refractivity contribution >= 4 is 71.1 Å². The van der Waals surface area contributed by atoms with Gasteiger partial charge in [-0.1, -0.05) is 45.7 Å². The van der Waals surface area contributed by atoms with Crippen LogP contribution in [0.4, 0.5) is 4.79 Å². The lowest BCUT2D eigenvalue weighted by Gasteiger charge is -2.20. The van der Waals surface area contributed by atoms with Crippen LogP contribution >= 0.6 is 27.5 Å². The highest BCUT2D eigenvalue weighted by Crippen LogP contribution is 2.38. The second-order valence-electron chi connectivity index (χ2n) is 14.9. The average Bonchev–Trinajstić information content (AvgIpc) is 3.78. The van der Waals surface area contributed by atoms with E-state index in [4.69, 9.17) is 16.3 Å². The van der Waals surface area contributed by atoms with Crippen molar-refractivity contribution in [2.24, 2.45) is 0 Å². The molecule has 7 rings (SSSR count). The Bertz CT molecular complexity index is 2210. The number of halogens is 2. The van der Waals surface area contributed by atoms with E-state index >= 15 is 0 Å². The van der Waals surface area contributed by atoms with E-state index < -0.39 is 15.4 Å². The molecule has 0 atom stereocenters. The number of nitrogens with zero attached hydrogens (tertiary/aromatic N) is 3. The summed E-state index contributed by atoms with van der Waals surface area (Å²) in [5.41, 5.74) is 5.71. The molecule has 2 bridgehead atoms. The molecule has 0 radical (unpaired) electrons. The molecule has 3 aromatic carbocycles. The average molecular weight is 795 g/mol. The number of fused-ring (bicyclic) bond motifs is 4. The highest BCUT2D eigenvalue weighted by molar-refractivity contribution is 9.10. The summed E-state index contributed by atoms with van der Waals surface area (Å²) in [5, 5.41) is 2.60. The van der Waals surface area contributed by atoms with Crippen LogP contribution in [0.1, 0.15) is 73.8 Å². The highest BCUT2D eigenvalue weighted by atomic mass is 79.9. The Morgan fingerprint density at radius 1 is 0.902 bits per heavy atom. The SMILES string of the molecule is Cc1c(C(=O)CN2C3CCC2CC3)c2ccc(CCS(C)(=O)=O)cc2n1-c1ccc(Cl)cc1.Cc1cc2ccc(Br)cc2n1C(=O)OC(C)(C)C. The van der Waals surface area contributed by atoms with Crippen molar-refractivity contribution in [1.29, 1.82) is 0 Å². The van der Waals surface area contributed by atoms with Crippen LogP contribution < -0.4 is 0 Å². The number of carbonyl (C=O) groups excluding carboxylic acids is 2. The fraction of sp³-hybridized carbons (Fsp3) is 0.400. The third-order valence-electron chi connectivity index (χ3n) is 9.85. The van der Waals surface area contributed by atoms with Crippen molar-refractivity contribution < 1.29 is 22.7 Å². The summed E-state index contributed by atoms with van der Waals surface area (Å²) in [7, 11) is -3.06. The molecule has 51 heavy (non-hydrogen) atoms. The number of Topliss-reactive ketones (excluding diaryl/α,β-unsaturated/α-hetero) is 1. The van der Waals surface area contributed by atoms with Gasteiger partial charge >= 0.3 is 6.09 Å². The maximum Gasteiger partial charge on any atom is 0.419 e. The molecule has 2 fully saturated rings. The molecule has 5 aromatic rings. The van der Waals surface area contributed by atoms with Crippen LogP contribution in [-0.4, -0.2) is 70.6 Å². The lowest BCUT2D eigenvalue weighted by atomic mass is 10.0. The largest absolute Gasteiger partial charge is 0.443 e. The summed E-state index contributed by atoms with van der Waals surface area (Å²) < 4.78 is 33.4. The van der Waals surface area contributed by atoms with E-state index in [2.05, 4.69) is 25.4 Å². The third-order valence-corrected chi connectivity index (χ3v) is 11.5. The fourth-order valence-electron chi connectivity index (χ4n) is 7.58. The molecule has 2 aromatic heterocycles. The molecule has 8 nitrogen and oxygen atoms in total. The van der Waals surface area contributed by atoms with E-state index in [9.17, 15) is 18.0 Å². The molecule has 0 aliphatic carbocycles. The van der Waals surface area contributed by atoms with Crippen LogP contribution in [0.25, 0.3) is 27.5 Å². The smallest absolute Gasteiger partial charge is 0.419 e. The Kier molecular flexibility index (Phi) is 10.6. The zero-order chi connectivity index (χ0) is 36.8. The first kappa shape index (κ1) is 37.3. The Morgan fingerprint density at radius 3 is 2.16 bits per heavy atom. The number of hydrogen-bond donors (Lipinski definition) is 0. The molecular formula is C40H45BrClN3O5S. The van der Waals surface area contributed by atoms with Crippen LogP contribution in [0.2, 0.25) is 5.02 Å². The van der Waals surface area contributed by atoms with Gasteiger partial charge in [0.15, 0.2) is 5.78 Å². The number of ketones is 1. The summed E-state index contributed by atoms with van der Waals surface area (Å²) in [5.74, 6) is 0.260. The standard InChI is InChI=1S/C26H29ClN2O3S.C14H16BrNO2/c1-17-26(25(30)16-28-20-8-9-21(28)11-10-20)23-12-3-18(13-14-33(2,31)32)15-24(23)29(17)22-6-4-19(27)5-7-22;1-9-7-10-5-6-11(15)8-12(10)16(9)13(17)18-14(2,3)4/h3-7,12,15,20-21H,8-11,13-14,16H2,1-2H3;5-8H,1-4H3. The quantitative estimate of drug-likeness (QED) is 0.153. The van der Waals surface area contributed by atoms with Crippen LogP contribution in [0.5, 0.6) is 0 Å². The van der Waals surface area contributed by atoms with E-state index in [1.165, 1.54) is 31.9 Å². The van der Waals surface area contributed by atoms with Gasteiger partial charge in [0, 0.05) is 61.2 Å². The van der Waals surface area contributed by atoms with Gasteiger partial charge in [0.2, 0.25) is 0 Å². The summed E-state index contributed by atoms with van der Waals surface area (Å²) in [6, 6.07) is 22.5. The number of sulfone groups is 1. The molecule has 0 amide bonds. The molecule has 11 heteroatoms. The van der Waals surface area contributed by atoms with Crippen LogP contribution in [0.15, 0.2) is 71.2 Å². The van der Waals surface area contributed by atoms with E-state index in [-0.39, 0.29) is 17.6 Å². The van der Waals surface area contributed by atoms with Crippen LogP contribution in [0.3, 0.4) is 0 Å². The molecule has 0 saturated carbocycles. The minimum absolute atomic E-state index is 0.0999. The number of rotatable bonds is 7. The zero-order valence-corrected chi connectivity index (χ0v) is 33.2. The van der Waals surface area contributed by atoms with Crippen molar-refractivity contribution in [2.75, 3.05) is 18.6 Å². The first-order chi connectivity index (χ1) is 24.0. The van der Waals surface area contributed by atoms with Crippen molar-refractivity contribution in [1.82, 2.24) is 14.0 Å². The lowest BCUT2D eigenvalue weighted by Crippen LogP contribution is -2.34. The number of carbonyl (C=O) groups is 2. The lowest BCUT2D eigenvalue weighted by molar-refractivity contribution is 0.0541. The normalized spacial score (nSPS) is 17.6. The maximum absolute atomic E-state index is 13.6. The Morgan fingerprint density at radius 2 is 1.55 bits per heavy atom. The van der Waals surface area contributed by atoms with Gasteiger partial charge in [-0.3, -0.25) is 9.69 Å². The molecule has 2 saturated heterocycles. The summed E-state index contributed by atoms with van der Waals surface area (Å²) in [4.78, 5) is 28.2. The monoisotopic (exact) mass is 793 g/mol. The number of hydrogen-bond acceptors (Lipinski definition) is 6. The van der Waals surface area contributed by atoms with Gasteiger partial charge < -0.3 is 9.30 Å². The van der Waals surface area contributed by atoms with Gasteiger partial charge in [-0.2, -0.15) is 0 Å². The van der Waals surface area contributed by atoms with Gasteiger partial charge in [-0.25, -0.2) is 17.8 Å². The Labute approximate surface area is 313 Å². The summed E-state index contributed by atoms with van der Waals surface area (Å²) in [6.45, 7) is 9.95. The number of aromatic nitrogens is 2. The number of benzene rings is 3. The number of aryl methyl sites for hydroxylation is 2. The minimum Gasteiger partial charge on any atom is -0.443 e. The molecule has 0 spiro atoms. The van der Waals surface area contributed by atoms with Gasteiger partial charge in [0.1, 0.15) is 15.4 Å². The first-order valence-corrected chi connectivity index (χ1v) is 20.6. The van der Waals surface area contributed by atoms with Gasteiger partial charge in [-0.05, 0) is 121 Å². The van der Waals surface area contributed by atoms with E-state index in [1.54, 1.807) is 4.57 Å². The molecule has 270 valence electrons. The van der Waals surface area contributed by atoms with Crippen LogP contribution in [-0.2, 0) is 21.0 Å². The van der Waals surface area contributed by atoms with Gasteiger partial charge in [0.05, 0.1) is 23.3 Å². The summed E-state index contributed by atoms with van der Waals surface area (Å²) >= 11 is 9.55. The third kappa shape index (κ3) is 8.30. The molecule has 2 aliphatic heterocycles. The molecule has 4 heterocycles. The Hall–Kier alpha value is -3.44. The maximum atomic E-state index is 13.6. The van der Waals surface area contributed by atoms with Crippen LogP contribution in [0, 0.1) is 13.8 Å². The van der Waals surface area contributed by atoms with E-state index in [0.717, 1.165) is 54.5 Å². The number of ether oxygens (including phenoxy) is 1. The van der Waals surface area contributed by atoms with E-state index in [0.29, 0.717) is 30.1 Å². The molecule has 0 N–H and O–H groups in total.